The zero-order valence-corrected chi connectivity index (χ0v) is 58.8. The summed E-state index contributed by atoms with van der Waals surface area (Å²) in [4.78, 5) is 200. The molecule has 0 unspecified atom stereocenters. The minimum Gasteiger partial charge on any atom is -0.480 e. The van der Waals surface area contributed by atoms with Crippen LogP contribution >= 0.6 is 81.1 Å². The maximum Gasteiger partial charge on any atom is 0.327 e. The topological polar surface area (TPSA) is 477 Å². The Morgan fingerprint density at radius 1 is 0.697 bits per heavy atom. The molecular formula is C60H67N19O13S7. The number of thiazole rings is 3. The number of unbranched alkanes of at least 4 members (excludes halogenated alkanes) is 1. The van der Waals surface area contributed by atoms with E-state index in [1.54, 1.807) is 23.1 Å². The van der Waals surface area contributed by atoms with Gasteiger partial charge in [-0.15, -0.1) is 81.1 Å². The van der Waals surface area contributed by atoms with Crippen LogP contribution in [0.2, 0.25) is 0 Å². The van der Waals surface area contributed by atoms with Gasteiger partial charge in [0.15, 0.2) is 4.87 Å². The van der Waals surface area contributed by atoms with Gasteiger partial charge in [-0.3, -0.25) is 67.7 Å². The number of carboxylic acid groups (broad SMARTS) is 1. The van der Waals surface area contributed by atoms with E-state index in [0.717, 1.165) is 11.8 Å². The van der Waals surface area contributed by atoms with Crippen molar-refractivity contribution in [3.63, 3.8) is 0 Å². The first kappa shape index (κ1) is 73.0. The molecule has 9 atom stereocenters. The van der Waals surface area contributed by atoms with Crippen molar-refractivity contribution in [3.8, 4) is 21.4 Å². The van der Waals surface area contributed by atoms with E-state index in [0.29, 0.717) is 66.8 Å². The number of pyridine rings is 1. The molecule has 7 aliphatic heterocycles. The Morgan fingerprint density at radius 3 is 2.01 bits per heavy atom. The van der Waals surface area contributed by atoms with Crippen LogP contribution in [0, 0.1) is 0 Å². The molecule has 11 rings (SSSR count). The Kier molecular flexibility index (Phi) is 23.6. The number of aliphatic carboxylic acids is 1. The highest BCUT2D eigenvalue weighted by molar-refractivity contribution is 8.15. The van der Waals surface area contributed by atoms with Gasteiger partial charge < -0.3 is 69.3 Å². The Hall–Kier alpha value is -8.73. The van der Waals surface area contributed by atoms with Crippen molar-refractivity contribution in [3.05, 3.63) is 86.6 Å². The van der Waals surface area contributed by atoms with Crippen LogP contribution in [-0.2, 0) is 52.7 Å². The molecule has 4 aromatic heterocycles. The molecule has 32 nitrogen and oxygen atoms in total. The second-order valence-electron chi connectivity index (χ2n) is 23.1. The summed E-state index contributed by atoms with van der Waals surface area (Å²) >= 11 is 7.69. The predicted molar refractivity (Wildman–Crippen MR) is 377 cm³/mol. The number of allylic oxidation sites excluding steroid dienone is 1. The third-order valence-corrected chi connectivity index (χ3v) is 23.1. The van der Waals surface area contributed by atoms with Crippen LogP contribution in [0.1, 0.15) is 97.8 Å². The summed E-state index contributed by atoms with van der Waals surface area (Å²) in [7, 11) is 0. The Labute approximate surface area is 593 Å². The molecule has 11 amide bonds. The molecule has 7 aliphatic rings. The van der Waals surface area contributed by atoms with Crippen molar-refractivity contribution in [2.45, 2.75) is 113 Å². The standard InChI is InChI=1S/C60H67N19O13S7/c1-6-29-49(87)78-60(5)59(92)77-30(10-7-8-14-61)45(83)63-17-42(81)64-27(4)57(89)79-15-9-11-40(79)50(88)65-25(2)43-28(44(82)69-32(16-41(62)80)53-71-34(19-94-53)47(85)68-29)12-13-31(67-43)52-75-37(22-97-52)54-72-33(18-95-54)46(84)66-26(3)51-74-36(21-93-51)56-76-38(23-98-56)55-73-35(20-96-55)48(86)70-39(24-99-60)58(90)91/h6,12-13,21-23,25,30,32-35,39-40H,3-4,7-11,14-20,24,61H2,1-2,5H3,(H2,62,80)(H,63,83)(H,64,81)(H,65,88)(H,66,84)(H,68,85)(H,69,82)(H,70,86)(H,77,92)(H,78,87)(H,90,91)/b29-6-/t25-,30+,32+,33+,34+,35-,39+,40+,60+/m1/s1. The fourth-order valence-corrected chi connectivity index (χ4v) is 17.3. The number of carbonyl (C=O) groups excluding carboxylic acids is 11. The monoisotopic (exact) mass is 1490 g/mol. The molecule has 99 heavy (non-hydrogen) atoms. The van der Waals surface area contributed by atoms with Crippen molar-refractivity contribution < 1.29 is 62.6 Å². The van der Waals surface area contributed by atoms with Gasteiger partial charge in [-0.05, 0) is 71.6 Å². The SMILES string of the molecule is C=C1NC(=O)CNC(=O)[C@H](CCCCN)NC(=O)[C@@]2(C)NC(=O)/C(=C/C)NC(=O)[C@@H]3CSC(=N3)[C@H](CC(N)=O)NC(=O)c3ccc(nc3[C@@H](C)NC(=O)[C@@H]3CCCN3C1=O)-c1nc(cs1)C1=N[C@@H](CS1)C(=O)NC(=C)c1nc(cs1)-c1nc(cs1)C1=N[C@H](CS1)C(=O)N[C@H](C(=O)O)CS2. The highest BCUT2D eigenvalue weighted by atomic mass is 32.2. The van der Waals surface area contributed by atoms with E-state index in [4.69, 9.17) is 31.4 Å². The first-order valence-electron chi connectivity index (χ1n) is 30.8. The number of aliphatic imine (C=N–C) groups is 3. The number of thioether (sulfide) groups is 4. The second kappa shape index (κ2) is 32.1. The highest BCUT2D eigenvalue weighted by Crippen LogP contribution is 2.35. The second-order valence-corrected chi connectivity index (χ2v) is 30.1. The van der Waals surface area contributed by atoms with Gasteiger partial charge in [0.2, 0.25) is 41.4 Å². The number of nitrogens with zero attached hydrogens (tertiary/aromatic N) is 8. The predicted octanol–water partition coefficient (Wildman–Crippen LogP) is 0.494. The van der Waals surface area contributed by atoms with Gasteiger partial charge in [-0.2, -0.15) is 0 Å². The lowest BCUT2D eigenvalue weighted by molar-refractivity contribution is -0.141. The molecule has 0 saturated carbocycles. The average Bonchev–Trinajstić information content (AvgIpc) is 1.76. The molecule has 1 saturated heterocycles. The fraction of sp³-hybridized carbons (Fsp3) is 0.417. The van der Waals surface area contributed by atoms with Crippen LogP contribution in [0.15, 0.2) is 73.9 Å². The summed E-state index contributed by atoms with van der Waals surface area (Å²) in [6.07, 6.45) is 1.74. The zero-order valence-electron chi connectivity index (χ0n) is 53.1. The molecule has 522 valence electrons. The summed E-state index contributed by atoms with van der Waals surface area (Å²) in [5.74, 6) is -11.2. The molecule has 0 radical (unpaired) electrons. The molecule has 0 spiro atoms. The van der Waals surface area contributed by atoms with Crippen molar-refractivity contribution in [2.75, 3.05) is 42.6 Å². The fourth-order valence-electron chi connectivity index (χ4n) is 10.6. The maximum atomic E-state index is 14.9. The smallest absolute Gasteiger partial charge is 0.327 e. The molecule has 39 heteroatoms. The van der Waals surface area contributed by atoms with Crippen LogP contribution in [0.25, 0.3) is 27.1 Å². The molecule has 14 N–H and O–H groups in total. The number of carbonyl (C=O) groups is 12. The molecule has 4 aromatic rings. The highest BCUT2D eigenvalue weighted by Gasteiger charge is 2.43. The number of hydrogen-bond donors (Lipinski definition) is 12. The molecular weight excluding hydrogens is 1420 g/mol. The van der Waals surface area contributed by atoms with E-state index in [2.05, 4.69) is 76.0 Å². The largest absolute Gasteiger partial charge is 0.480 e. The lowest BCUT2D eigenvalue weighted by atomic mass is 10.0. The van der Waals surface area contributed by atoms with Crippen molar-refractivity contribution in [2.24, 2.45) is 26.4 Å². The van der Waals surface area contributed by atoms with E-state index in [1.165, 1.54) is 94.5 Å². The molecule has 0 aromatic carbocycles. The van der Waals surface area contributed by atoms with Crippen molar-refractivity contribution in [1.29, 1.82) is 0 Å². The first-order chi connectivity index (χ1) is 47.3. The Balaban J connectivity index is 1.04. The molecule has 11 heterocycles. The zero-order chi connectivity index (χ0) is 71.0. The van der Waals surface area contributed by atoms with Crippen LogP contribution in [0.4, 0.5) is 0 Å². The summed E-state index contributed by atoms with van der Waals surface area (Å²) in [5.41, 5.74) is 12.3. The van der Waals surface area contributed by atoms with E-state index < -0.39 is 154 Å². The van der Waals surface area contributed by atoms with E-state index in [-0.39, 0.29) is 77.3 Å². The van der Waals surface area contributed by atoms with E-state index >= 15 is 0 Å². The van der Waals surface area contributed by atoms with Crippen molar-refractivity contribution in [1.82, 2.24) is 72.7 Å². The molecule has 16 bridgehead atoms. The van der Waals surface area contributed by atoms with Crippen LogP contribution in [0.5, 0.6) is 0 Å². The number of aromatic nitrogens is 4. The normalized spacial score (nSPS) is 26.2. The van der Waals surface area contributed by atoms with Gasteiger partial charge in [0.25, 0.3) is 23.6 Å². The number of fused-ring (bicyclic) bond motifs is 8. The number of nitrogens with two attached hydrogens (primary N) is 2. The molecule has 0 aliphatic carbocycles. The average molecular weight is 1490 g/mol. The number of primary amides is 1. The van der Waals surface area contributed by atoms with Gasteiger partial charge in [0.1, 0.15) is 84.1 Å². The van der Waals surface area contributed by atoms with Gasteiger partial charge in [-0.1, -0.05) is 19.2 Å². The van der Waals surface area contributed by atoms with Gasteiger partial charge >= 0.3 is 5.97 Å². The van der Waals surface area contributed by atoms with Crippen LogP contribution in [-0.4, -0.2) is 206 Å². The minimum atomic E-state index is -2.26. The van der Waals surface area contributed by atoms with Crippen LogP contribution in [0.3, 0.4) is 0 Å². The van der Waals surface area contributed by atoms with Crippen LogP contribution < -0.4 is 59.3 Å². The van der Waals surface area contributed by atoms with Crippen molar-refractivity contribution >= 4 is 173 Å². The number of rotatable bonds is 7. The summed E-state index contributed by atoms with van der Waals surface area (Å²) in [6.45, 7) is 11.5. The quantitative estimate of drug-likeness (QED) is 0.0885. The third-order valence-electron chi connectivity index (χ3n) is 15.8. The lowest BCUT2D eigenvalue weighted by Gasteiger charge is -2.32. The number of carboxylic acids is 1. The number of hydrogen-bond acceptors (Lipinski definition) is 27. The van der Waals surface area contributed by atoms with Gasteiger partial charge in [-0.25, -0.2) is 24.7 Å². The summed E-state index contributed by atoms with van der Waals surface area (Å²) in [5, 5.41) is 41.5. The summed E-state index contributed by atoms with van der Waals surface area (Å²) in [6, 6.07) is -6.97. The maximum absolute atomic E-state index is 14.9. The Bertz CT molecular complexity index is 4130. The van der Waals surface area contributed by atoms with E-state index in [9.17, 15) is 62.6 Å². The minimum absolute atomic E-state index is 0.00201. The molecule has 1 fully saturated rings. The summed E-state index contributed by atoms with van der Waals surface area (Å²) < 4.78 is 0. The third kappa shape index (κ3) is 17.5. The lowest BCUT2D eigenvalue weighted by Crippen LogP contribution is -2.60. The van der Waals surface area contributed by atoms with Gasteiger partial charge in [0.05, 0.1) is 58.4 Å². The number of nitrogens with one attached hydrogen (secondary N) is 9. The Morgan fingerprint density at radius 2 is 1.33 bits per heavy atom. The van der Waals surface area contributed by atoms with Gasteiger partial charge in [0, 0.05) is 45.7 Å². The first-order valence-corrected chi connectivity index (χ1v) is 37.3. The van der Waals surface area contributed by atoms with E-state index in [1.807, 2.05) is 0 Å². The number of amides is 11.